The average molecular weight is 1080 g/mol. The fraction of sp³-hybridized carbons (Fsp3) is 0. The maximum absolute atomic E-state index is 18.6. The fourth-order valence-corrected chi connectivity index (χ4v) is 13.3. The molecule has 394 valence electrons. The zero-order valence-electron chi connectivity index (χ0n) is 45.5. The summed E-state index contributed by atoms with van der Waals surface area (Å²) < 4.78 is 37.1. The monoisotopic (exact) mass is 1080 g/mol. The van der Waals surface area contributed by atoms with E-state index in [9.17, 15) is 0 Å². The van der Waals surface area contributed by atoms with Crippen LogP contribution in [0.2, 0.25) is 0 Å². The molecule has 0 N–H and O–H groups in total. The fourth-order valence-electron chi connectivity index (χ4n) is 13.3. The minimum atomic E-state index is -0.353. The molecule has 0 saturated carbocycles. The number of halogens is 2. The summed E-state index contributed by atoms with van der Waals surface area (Å²) in [6.45, 7) is 0. The summed E-state index contributed by atoms with van der Waals surface area (Å²) >= 11 is 0. The van der Waals surface area contributed by atoms with Gasteiger partial charge in [-0.25, -0.2) is 8.78 Å². The number of para-hydroxylation sites is 2. The van der Waals surface area contributed by atoms with E-state index in [4.69, 9.17) is 0 Å². The summed E-state index contributed by atoms with van der Waals surface area (Å²) in [7, 11) is 0. The molecule has 0 bridgehead atoms. The molecule has 16 aromatic carbocycles. The van der Waals surface area contributed by atoms with E-state index >= 15 is 8.78 Å². The highest BCUT2D eigenvalue weighted by atomic mass is 19.1. The molecule has 16 aromatic rings. The number of hydrogen-bond donors (Lipinski definition) is 0. The van der Waals surface area contributed by atoms with Gasteiger partial charge in [-0.05, 0) is 159 Å². The van der Waals surface area contributed by atoms with E-state index < -0.39 is 0 Å². The quantitative estimate of drug-likeness (QED) is 0.126. The Bertz CT molecular complexity index is 4900. The molecule has 0 aliphatic carbocycles. The lowest BCUT2D eigenvalue weighted by Gasteiger charge is -2.32. The molecule has 0 amide bonds. The first-order valence-corrected chi connectivity index (χ1v) is 28.5. The lowest BCUT2D eigenvalue weighted by atomic mass is 9.89. The van der Waals surface area contributed by atoms with Crippen LogP contribution < -0.4 is 9.80 Å². The van der Waals surface area contributed by atoms with Crippen molar-refractivity contribution in [3.63, 3.8) is 0 Å². The molecule has 84 heavy (non-hydrogen) atoms. The van der Waals surface area contributed by atoms with Crippen LogP contribution in [-0.2, 0) is 0 Å². The van der Waals surface area contributed by atoms with Crippen molar-refractivity contribution >= 4 is 110 Å². The Hall–Kier alpha value is -10.9. The van der Waals surface area contributed by atoms with Gasteiger partial charge in [-0.2, -0.15) is 0 Å². The van der Waals surface area contributed by atoms with Gasteiger partial charge in [0.2, 0.25) is 0 Å². The maximum Gasteiger partial charge on any atom is 0.148 e. The average Bonchev–Trinajstić information content (AvgIpc) is 0.933. The van der Waals surface area contributed by atoms with E-state index in [-0.39, 0.29) is 11.6 Å². The largest absolute Gasteiger partial charge is 0.307 e. The molecule has 16 rings (SSSR count). The molecule has 0 aromatic heterocycles. The van der Waals surface area contributed by atoms with E-state index in [0.29, 0.717) is 11.4 Å². The summed E-state index contributed by atoms with van der Waals surface area (Å²) in [5.74, 6) is -0.705. The molecule has 2 nitrogen and oxygen atoms in total. The number of fused-ring (bicyclic) bond motifs is 4. The van der Waals surface area contributed by atoms with E-state index in [0.717, 1.165) is 143 Å². The molecule has 0 radical (unpaired) electrons. The van der Waals surface area contributed by atoms with Crippen LogP contribution in [0, 0.1) is 11.6 Å². The molecule has 0 aliphatic rings. The molecule has 4 heteroatoms. The molecule has 0 spiro atoms. The summed E-state index contributed by atoms with van der Waals surface area (Å²) in [5.41, 5.74) is 11.0. The van der Waals surface area contributed by atoms with Crippen LogP contribution in [0.15, 0.2) is 303 Å². The van der Waals surface area contributed by atoms with Crippen molar-refractivity contribution < 1.29 is 8.78 Å². The van der Waals surface area contributed by atoms with Crippen molar-refractivity contribution in [2.75, 3.05) is 9.80 Å². The standard InChI is InChI=1S/C80H50F2N2/c81-73-49-57(65-35-15-23-51-19-7-11-31-61(51)65)47-71(67-37-17-25-53-21-9-13-33-63(53)67)79(73)83(59-27-3-1-4-28-59)75-45-41-55-40-44-70-76(46-42-56-39-43-69(75)77(55)78(56)70)84(60-29-5-2-6-30-60)80-72(68-38-18-26-54-22-10-14-34-64(54)68)48-58(50-74(80)82)66-36-16-24-52-20-8-12-32-62(52)66/h1-50H. The molecular formula is C80H50F2N2. The lowest BCUT2D eigenvalue weighted by Crippen LogP contribution is -2.15. The highest BCUT2D eigenvalue weighted by molar-refractivity contribution is 6.28. The second-order valence-corrected chi connectivity index (χ2v) is 21.7. The third-order valence-corrected chi connectivity index (χ3v) is 17.1. The van der Waals surface area contributed by atoms with Gasteiger partial charge in [0.15, 0.2) is 0 Å². The van der Waals surface area contributed by atoms with Gasteiger partial charge >= 0.3 is 0 Å². The summed E-state index contributed by atoms with van der Waals surface area (Å²) in [6, 6.07) is 104. The van der Waals surface area contributed by atoms with Crippen molar-refractivity contribution in [3.8, 4) is 44.5 Å². The van der Waals surface area contributed by atoms with Gasteiger partial charge in [0.1, 0.15) is 11.6 Å². The highest BCUT2D eigenvalue weighted by Crippen LogP contribution is 2.53. The molecule has 0 fully saturated rings. The van der Waals surface area contributed by atoms with Crippen LogP contribution in [0.4, 0.5) is 42.9 Å². The van der Waals surface area contributed by atoms with Gasteiger partial charge in [-0.15, -0.1) is 0 Å². The smallest absolute Gasteiger partial charge is 0.148 e. The van der Waals surface area contributed by atoms with Gasteiger partial charge in [-0.3, -0.25) is 0 Å². The minimum absolute atomic E-state index is 0.353. The third-order valence-electron chi connectivity index (χ3n) is 17.1. The van der Waals surface area contributed by atoms with Crippen LogP contribution in [0.3, 0.4) is 0 Å². The first kappa shape index (κ1) is 48.9. The molecule has 0 atom stereocenters. The summed E-state index contributed by atoms with van der Waals surface area (Å²) in [5, 5.41) is 14.5. The Balaban J connectivity index is 0.954. The van der Waals surface area contributed by atoms with E-state index in [1.54, 1.807) is 12.1 Å². The predicted octanol–water partition coefficient (Wildman–Crippen LogP) is 23.1. The Morgan fingerprint density at radius 1 is 0.214 bits per heavy atom. The normalized spacial score (nSPS) is 11.7. The van der Waals surface area contributed by atoms with Gasteiger partial charge in [0, 0.05) is 33.3 Å². The van der Waals surface area contributed by atoms with Gasteiger partial charge < -0.3 is 9.80 Å². The topological polar surface area (TPSA) is 6.48 Å². The SMILES string of the molecule is Fc1cc(-c2cccc3ccccc23)cc(-c2cccc3ccccc23)c1N(c1ccccc1)c1ccc2ccc3c(N(c4ccccc4)c4c(F)cc(-c5cccc6ccccc56)cc4-c4cccc5ccccc45)ccc4ccc1c2c43. The molecular weight excluding hydrogens is 1030 g/mol. The highest BCUT2D eigenvalue weighted by Gasteiger charge is 2.29. The van der Waals surface area contributed by atoms with E-state index in [2.05, 4.69) is 240 Å². The second kappa shape index (κ2) is 19.9. The number of nitrogens with zero attached hydrogens (tertiary/aromatic N) is 2. The van der Waals surface area contributed by atoms with Crippen molar-refractivity contribution in [3.05, 3.63) is 315 Å². The minimum Gasteiger partial charge on any atom is -0.307 e. The Labute approximate surface area is 484 Å². The zero-order chi connectivity index (χ0) is 55.8. The van der Waals surface area contributed by atoms with E-state index in [1.165, 1.54) is 0 Å². The molecule has 0 heterocycles. The summed E-state index contributed by atoms with van der Waals surface area (Å²) in [4.78, 5) is 4.23. The molecule has 0 unspecified atom stereocenters. The van der Waals surface area contributed by atoms with Crippen LogP contribution in [0.25, 0.3) is 120 Å². The summed E-state index contributed by atoms with van der Waals surface area (Å²) in [6.07, 6.45) is 0. The Kier molecular flexibility index (Phi) is 11.6. The second-order valence-electron chi connectivity index (χ2n) is 21.7. The first-order valence-electron chi connectivity index (χ1n) is 28.5. The van der Waals surface area contributed by atoms with Crippen molar-refractivity contribution in [1.82, 2.24) is 0 Å². The van der Waals surface area contributed by atoms with Crippen LogP contribution in [0.1, 0.15) is 0 Å². The predicted molar refractivity (Wildman–Crippen MR) is 351 cm³/mol. The van der Waals surface area contributed by atoms with Crippen LogP contribution >= 0.6 is 0 Å². The molecule has 0 saturated heterocycles. The maximum atomic E-state index is 18.6. The number of anilines is 6. The number of rotatable bonds is 10. The van der Waals surface area contributed by atoms with Crippen molar-refractivity contribution in [2.45, 2.75) is 0 Å². The van der Waals surface area contributed by atoms with Gasteiger partial charge in [-0.1, -0.05) is 243 Å². The van der Waals surface area contributed by atoms with Crippen LogP contribution in [-0.4, -0.2) is 0 Å². The van der Waals surface area contributed by atoms with E-state index in [1.807, 2.05) is 60.7 Å². The Morgan fingerprint density at radius 3 is 0.905 bits per heavy atom. The van der Waals surface area contributed by atoms with Crippen molar-refractivity contribution in [1.29, 1.82) is 0 Å². The number of hydrogen-bond acceptors (Lipinski definition) is 2. The Morgan fingerprint density at radius 2 is 0.524 bits per heavy atom. The van der Waals surface area contributed by atoms with Gasteiger partial charge in [0.05, 0.1) is 22.7 Å². The zero-order valence-corrected chi connectivity index (χ0v) is 45.5. The molecule has 0 aliphatic heterocycles. The van der Waals surface area contributed by atoms with Gasteiger partial charge in [0.25, 0.3) is 0 Å². The number of benzene rings is 16. The lowest BCUT2D eigenvalue weighted by molar-refractivity contribution is 0.629. The third kappa shape index (κ3) is 7.98. The van der Waals surface area contributed by atoms with Crippen LogP contribution in [0.5, 0.6) is 0 Å². The first-order chi connectivity index (χ1) is 41.5. The van der Waals surface area contributed by atoms with Crippen molar-refractivity contribution in [2.24, 2.45) is 0 Å².